The van der Waals surface area contributed by atoms with E-state index in [9.17, 15) is 18.8 Å². The quantitative estimate of drug-likeness (QED) is 0.199. The van der Waals surface area contributed by atoms with Crippen molar-refractivity contribution in [3.8, 4) is 10.4 Å². The van der Waals surface area contributed by atoms with Crippen LogP contribution in [-0.4, -0.2) is 47.3 Å². The molecule has 40 heavy (non-hydrogen) atoms. The van der Waals surface area contributed by atoms with Crippen LogP contribution in [0.1, 0.15) is 61.8 Å². The minimum absolute atomic E-state index is 0.466. The van der Waals surface area contributed by atoms with Gasteiger partial charge < -0.3 is 18.9 Å². The zero-order valence-electron chi connectivity index (χ0n) is 23.0. The van der Waals surface area contributed by atoms with Crippen molar-refractivity contribution in [2.24, 2.45) is 0 Å². The van der Waals surface area contributed by atoms with Crippen molar-refractivity contribution in [2.45, 2.75) is 78.0 Å². The number of aryl methyl sites for hydroxylation is 1. The number of carbonyl (C=O) groups excluding carboxylic acids is 3. The van der Waals surface area contributed by atoms with E-state index < -0.39 is 54.4 Å². The number of nitrogens with zero attached hydrogens (tertiary/aromatic N) is 1. The topological polar surface area (TPSA) is 101 Å². The van der Waals surface area contributed by atoms with E-state index in [1.165, 1.54) is 33.0 Å². The fourth-order valence-corrected chi connectivity index (χ4v) is 5.91. The van der Waals surface area contributed by atoms with E-state index in [0.717, 1.165) is 32.0 Å². The molecule has 0 radical (unpaired) electrons. The van der Waals surface area contributed by atoms with E-state index in [2.05, 4.69) is 4.98 Å². The third-order valence-corrected chi connectivity index (χ3v) is 7.82. The Morgan fingerprint density at radius 1 is 0.925 bits per heavy atom. The zero-order valence-corrected chi connectivity index (χ0v) is 23.8. The molecule has 1 saturated heterocycles. The zero-order chi connectivity index (χ0) is 29.0. The predicted octanol–water partition coefficient (Wildman–Crippen LogP) is 5.49. The highest BCUT2D eigenvalue weighted by Gasteiger charge is 2.51. The molecular formula is C30H32FNO7S. The SMILES string of the molecule is CC[C@H]1O[C@@H](c2ccc(C)c(Cc3ccc(-c4ccc(F)nc4)s3)c2)[C@@H](OC(C)=O)[C@@H](OC(C)=O)[C@@H]1OC(C)=O. The van der Waals surface area contributed by atoms with Gasteiger partial charge in [0.05, 0.1) is 6.10 Å². The second-order valence-electron chi connectivity index (χ2n) is 9.72. The second kappa shape index (κ2) is 12.7. The van der Waals surface area contributed by atoms with Crippen LogP contribution in [0.4, 0.5) is 4.39 Å². The summed E-state index contributed by atoms with van der Waals surface area (Å²) in [5.74, 6) is -2.26. The molecule has 1 fully saturated rings. The van der Waals surface area contributed by atoms with Gasteiger partial charge in [0.2, 0.25) is 5.95 Å². The number of thiophene rings is 1. The van der Waals surface area contributed by atoms with Crippen molar-refractivity contribution >= 4 is 29.2 Å². The number of rotatable bonds is 8. The van der Waals surface area contributed by atoms with Gasteiger partial charge in [0.15, 0.2) is 18.3 Å². The number of hydrogen-bond acceptors (Lipinski definition) is 9. The van der Waals surface area contributed by atoms with Gasteiger partial charge in [-0.25, -0.2) is 4.98 Å². The Labute approximate surface area is 236 Å². The summed E-state index contributed by atoms with van der Waals surface area (Å²) in [5, 5.41) is 0. The molecular weight excluding hydrogens is 537 g/mol. The van der Waals surface area contributed by atoms with Crippen LogP contribution < -0.4 is 0 Å². The number of aromatic nitrogens is 1. The fourth-order valence-electron chi connectivity index (χ4n) is 4.89. The van der Waals surface area contributed by atoms with Crippen LogP contribution in [-0.2, 0) is 39.8 Å². The average molecular weight is 570 g/mol. The van der Waals surface area contributed by atoms with Crippen LogP contribution in [0.3, 0.4) is 0 Å². The number of ether oxygens (including phenoxy) is 4. The number of pyridine rings is 1. The fraction of sp³-hybridized carbons (Fsp3) is 0.400. The molecule has 10 heteroatoms. The van der Waals surface area contributed by atoms with E-state index >= 15 is 0 Å². The van der Waals surface area contributed by atoms with E-state index in [0.29, 0.717) is 12.8 Å². The summed E-state index contributed by atoms with van der Waals surface area (Å²) in [5.41, 5.74) is 3.67. The van der Waals surface area contributed by atoms with E-state index in [-0.39, 0.29) is 0 Å². The molecule has 4 rings (SSSR count). The lowest BCUT2D eigenvalue weighted by Crippen LogP contribution is -2.58. The van der Waals surface area contributed by atoms with Crippen LogP contribution >= 0.6 is 11.3 Å². The lowest BCUT2D eigenvalue weighted by atomic mass is 9.88. The molecule has 1 aliphatic heterocycles. The van der Waals surface area contributed by atoms with Crippen molar-refractivity contribution in [2.75, 3.05) is 0 Å². The summed E-state index contributed by atoms with van der Waals surface area (Å²) in [7, 11) is 0. The largest absolute Gasteiger partial charge is 0.456 e. The molecule has 5 atom stereocenters. The summed E-state index contributed by atoms with van der Waals surface area (Å²) in [6, 6.07) is 12.9. The first-order chi connectivity index (χ1) is 19.0. The Balaban J connectivity index is 1.67. The summed E-state index contributed by atoms with van der Waals surface area (Å²) in [6.45, 7) is 7.67. The van der Waals surface area contributed by atoms with Crippen LogP contribution in [0, 0.1) is 12.9 Å². The Kier molecular flexibility index (Phi) is 9.32. The monoisotopic (exact) mass is 569 g/mol. The maximum atomic E-state index is 13.2. The average Bonchev–Trinajstić information content (AvgIpc) is 3.35. The van der Waals surface area contributed by atoms with Crippen molar-refractivity contribution in [3.63, 3.8) is 0 Å². The maximum absolute atomic E-state index is 13.2. The molecule has 2 aromatic heterocycles. The molecule has 3 heterocycles. The molecule has 8 nitrogen and oxygen atoms in total. The molecule has 0 saturated carbocycles. The highest BCUT2D eigenvalue weighted by molar-refractivity contribution is 7.15. The summed E-state index contributed by atoms with van der Waals surface area (Å²) in [6.07, 6.45) is -1.79. The number of carbonyl (C=O) groups is 3. The summed E-state index contributed by atoms with van der Waals surface area (Å²) < 4.78 is 36.4. The van der Waals surface area contributed by atoms with E-state index in [1.807, 2.05) is 44.2 Å². The number of esters is 3. The summed E-state index contributed by atoms with van der Waals surface area (Å²) >= 11 is 1.59. The minimum Gasteiger partial charge on any atom is -0.456 e. The standard InChI is InChI=1S/C30H32FNO7S/c1-6-24-28(36-17(3)33)30(38-19(5)35)29(37-18(4)34)27(39-24)20-8-7-16(2)22(13-20)14-23-10-11-25(40-23)21-9-12-26(31)32-15-21/h7-13,15,24,27-30H,6,14H2,1-5H3/t24-,27+,28-,29-,30+/m1/s1. The first kappa shape index (κ1) is 29.4. The summed E-state index contributed by atoms with van der Waals surface area (Å²) in [4.78, 5) is 41.9. The number of halogens is 1. The Morgan fingerprint density at radius 2 is 1.60 bits per heavy atom. The Morgan fingerprint density at radius 3 is 2.23 bits per heavy atom. The molecule has 0 amide bonds. The van der Waals surface area contributed by atoms with Gasteiger partial charge >= 0.3 is 17.9 Å². The van der Waals surface area contributed by atoms with Crippen LogP contribution in [0.2, 0.25) is 0 Å². The second-order valence-corrected chi connectivity index (χ2v) is 10.9. The molecule has 1 aromatic carbocycles. The molecule has 0 aliphatic carbocycles. The van der Waals surface area contributed by atoms with Gasteiger partial charge in [0, 0.05) is 48.7 Å². The third kappa shape index (κ3) is 6.92. The third-order valence-electron chi connectivity index (χ3n) is 6.68. The van der Waals surface area contributed by atoms with Gasteiger partial charge in [0.1, 0.15) is 6.10 Å². The molecule has 0 bridgehead atoms. The number of hydrogen-bond donors (Lipinski definition) is 0. The van der Waals surface area contributed by atoms with Crippen LogP contribution in [0.15, 0.2) is 48.7 Å². The molecule has 3 aromatic rings. The highest BCUT2D eigenvalue weighted by Crippen LogP contribution is 2.39. The molecule has 0 unspecified atom stereocenters. The Hall–Kier alpha value is -3.63. The molecule has 0 spiro atoms. The van der Waals surface area contributed by atoms with Crippen molar-refractivity contribution in [1.82, 2.24) is 4.98 Å². The van der Waals surface area contributed by atoms with Gasteiger partial charge in [-0.15, -0.1) is 11.3 Å². The first-order valence-electron chi connectivity index (χ1n) is 13.0. The molecule has 212 valence electrons. The van der Waals surface area contributed by atoms with Gasteiger partial charge in [0.25, 0.3) is 0 Å². The van der Waals surface area contributed by atoms with Crippen molar-refractivity contribution < 1.29 is 37.7 Å². The van der Waals surface area contributed by atoms with Crippen LogP contribution in [0.25, 0.3) is 10.4 Å². The predicted molar refractivity (Wildman–Crippen MR) is 146 cm³/mol. The highest BCUT2D eigenvalue weighted by atomic mass is 32.1. The van der Waals surface area contributed by atoms with Crippen LogP contribution in [0.5, 0.6) is 0 Å². The normalized spacial score (nSPS) is 22.4. The lowest BCUT2D eigenvalue weighted by Gasteiger charge is -2.45. The van der Waals surface area contributed by atoms with Gasteiger partial charge in [-0.3, -0.25) is 14.4 Å². The van der Waals surface area contributed by atoms with Gasteiger partial charge in [-0.05, 0) is 54.3 Å². The lowest BCUT2D eigenvalue weighted by molar-refractivity contribution is -0.249. The Bertz CT molecular complexity index is 1370. The van der Waals surface area contributed by atoms with E-state index in [1.54, 1.807) is 17.4 Å². The number of benzene rings is 1. The van der Waals surface area contributed by atoms with Crippen molar-refractivity contribution in [3.05, 3.63) is 76.2 Å². The van der Waals surface area contributed by atoms with E-state index in [4.69, 9.17) is 18.9 Å². The van der Waals surface area contributed by atoms with Gasteiger partial charge in [-0.1, -0.05) is 25.1 Å². The first-order valence-corrected chi connectivity index (χ1v) is 13.8. The maximum Gasteiger partial charge on any atom is 0.303 e. The van der Waals surface area contributed by atoms with Crippen molar-refractivity contribution in [1.29, 1.82) is 0 Å². The molecule has 0 N–H and O–H groups in total. The molecule has 1 aliphatic rings. The smallest absolute Gasteiger partial charge is 0.303 e. The minimum atomic E-state index is -1.05. The van der Waals surface area contributed by atoms with Gasteiger partial charge in [-0.2, -0.15) is 4.39 Å².